The highest BCUT2D eigenvalue weighted by atomic mass is 16.6. The highest BCUT2D eigenvalue weighted by Gasteiger charge is 2.02. The molecule has 0 unspecified atom stereocenters. The molecule has 0 radical (unpaired) electrons. The van der Waals surface area contributed by atoms with Gasteiger partial charge in [-0.05, 0) is 0 Å². The number of hydrogen-bond donors (Lipinski definition) is 2. The average Bonchev–Trinajstić information content (AvgIpc) is 2.49. The minimum atomic E-state index is -0.576. The van der Waals surface area contributed by atoms with Gasteiger partial charge >= 0.3 is 0 Å². The molecule has 0 aliphatic rings. The smallest absolute Gasteiger partial charge is 0.236 e. The first-order valence-corrected chi connectivity index (χ1v) is 6.96. The molecule has 2 amide bonds. The summed E-state index contributed by atoms with van der Waals surface area (Å²) in [5.74, 6) is 1.51. The molecule has 0 rings (SSSR count). The normalized spacial score (nSPS) is 10.1. The number of amides is 2. The van der Waals surface area contributed by atoms with E-state index in [2.05, 4.69) is 11.2 Å². The van der Waals surface area contributed by atoms with Crippen molar-refractivity contribution in [3.63, 3.8) is 0 Å². The Bertz CT molecular complexity index is 343. The summed E-state index contributed by atoms with van der Waals surface area (Å²) < 4.78 is 20.7. The standard InChI is InChI=1S/C14H24N2O6/c1-2-4-19-6-8-21-10-11-22-9-7-20-5-3-14(18)16-12-13(15)17/h1H,3-12H2,(H2,15,17)(H,16,18). The molecule has 8 nitrogen and oxygen atoms in total. The molecule has 0 spiro atoms. The monoisotopic (exact) mass is 316 g/mol. The number of nitrogens with one attached hydrogen (secondary N) is 1. The van der Waals surface area contributed by atoms with Crippen LogP contribution in [0, 0.1) is 12.3 Å². The van der Waals surface area contributed by atoms with Crippen molar-refractivity contribution in [3.05, 3.63) is 0 Å². The van der Waals surface area contributed by atoms with E-state index in [1.165, 1.54) is 0 Å². The predicted molar refractivity (Wildman–Crippen MR) is 78.9 cm³/mol. The number of primary amides is 1. The highest BCUT2D eigenvalue weighted by molar-refractivity contribution is 5.83. The van der Waals surface area contributed by atoms with Crippen LogP contribution < -0.4 is 11.1 Å². The van der Waals surface area contributed by atoms with Crippen molar-refractivity contribution in [2.45, 2.75) is 6.42 Å². The van der Waals surface area contributed by atoms with E-state index in [9.17, 15) is 9.59 Å². The topological polar surface area (TPSA) is 109 Å². The second-order valence-corrected chi connectivity index (χ2v) is 4.09. The van der Waals surface area contributed by atoms with Crippen LogP contribution in [0.5, 0.6) is 0 Å². The molecule has 0 fully saturated rings. The van der Waals surface area contributed by atoms with Gasteiger partial charge in [0.2, 0.25) is 11.8 Å². The third-order valence-electron chi connectivity index (χ3n) is 2.23. The van der Waals surface area contributed by atoms with E-state index in [0.717, 1.165) is 0 Å². The summed E-state index contributed by atoms with van der Waals surface area (Å²) in [6.07, 6.45) is 5.19. The second kappa shape index (κ2) is 15.7. The zero-order chi connectivity index (χ0) is 16.5. The summed E-state index contributed by atoms with van der Waals surface area (Å²) in [5.41, 5.74) is 4.89. The van der Waals surface area contributed by atoms with Crippen LogP contribution in [0.3, 0.4) is 0 Å². The lowest BCUT2D eigenvalue weighted by Gasteiger charge is -2.07. The summed E-state index contributed by atoms with van der Waals surface area (Å²) >= 11 is 0. The van der Waals surface area contributed by atoms with Gasteiger partial charge in [0.05, 0.1) is 52.8 Å². The van der Waals surface area contributed by atoms with Crippen molar-refractivity contribution in [1.82, 2.24) is 5.32 Å². The molecule has 0 bridgehead atoms. The fourth-order valence-corrected chi connectivity index (χ4v) is 1.23. The van der Waals surface area contributed by atoms with Crippen LogP contribution in [-0.4, -0.2) is 71.2 Å². The van der Waals surface area contributed by atoms with Crippen molar-refractivity contribution >= 4 is 11.8 Å². The first-order valence-electron chi connectivity index (χ1n) is 6.96. The Morgan fingerprint density at radius 2 is 1.41 bits per heavy atom. The molecular formula is C14H24N2O6. The van der Waals surface area contributed by atoms with Crippen LogP contribution in [0.25, 0.3) is 0 Å². The number of terminal acetylenes is 1. The van der Waals surface area contributed by atoms with E-state index in [1.807, 2.05) is 0 Å². The number of nitrogens with two attached hydrogens (primary N) is 1. The minimum Gasteiger partial charge on any atom is -0.379 e. The van der Waals surface area contributed by atoms with Crippen molar-refractivity contribution in [3.8, 4) is 12.3 Å². The van der Waals surface area contributed by atoms with Gasteiger partial charge in [-0.2, -0.15) is 0 Å². The number of carbonyl (C=O) groups excluding carboxylic acids is 2. The van der Waals surface area contributed by atoms with Crippen LogP contribution in [0.1, 0.15) is 6.42 Å². The van der Waals surface area contributed by atoms with Crippen LogP contribution in [0.2, 0.25) is 0 Å². The van der Waals surface area contributed by atoms with E-state index in [0.29, 0.717) is 39.6 Å². The third-order valence-corrected chi connectivity index (χ3v) is 2.23. The van der Waals surface area contributed by atoms with E-state index in [-0.39, 0.29) is 32.1 Å². The van der Waals surface area contributed by atoms with Gasteiger partial charge in [0.1, 0.15) is 6.61 Å². The Kier molecular flexibility index (Phi) is 14.5. The summed E-state index contributed by atoms with van der Waals surface area (Å²) in [6, 6.07) is 0. The minimum absolute atomic E-state index is 0.157. The Hall–Kier alpha value is -1.66. The van der Waals surface area contributed by atoms with Crippen LogP contribution in [0.4, 0.5) is 0 Å². The molecule has 0 aromatic heterocycles. The fourth-order valence-electron chi connectivity index (χ4n) is 1.23. The maximum atomic E-state index is 11.2. The Morgan fingerprint density at radius 1 is 0.909 bits per heavy atom. The predicted octanol–water partition coefficient (Wildman–Crippen LogP) is -1.32. The molecule has 0 aromatic rings. The fraction of sp³-hybridized carbons (Fsp3) is 0.714. The maximum Gasteiger partial charge on any atom is 0.236 e. The molecule has 0 saturated heterocycles. The number of carbonyl (C=O) groups is 2. The lowest BCUT2D eigenvalue weighted by Crippen LogP contribution is -2.33. The van der Waals surface area contributed by atoms with Gasteiger partial charge in [0.15, 0.2) is 0 Å². The first kappa shape index (κ1) is 20.3. The number of ether oxygens (including phenoxy) is 4. The largest absolute Gasteiger partial charge is 0.379 e. The van der Waals surface area contributed by atoms with Crippen molar-refractivity contribution in [2.24, 2.45) is 5.73 Å². The Labute approximate surface area is 130 Å². The van der Waals surface area contributed by atoms with Crippen molar-refractivity contribution in [1.29, 1.82) is 0 Å². The molecule has 22 heavy (non-hydrogen) atoms. The van der Waals surface area contributed by atoms with Gasteiger partial charge in [-0.25, -0.2) is 0 Å². The van der Waals surface area contributed by atoms with Crippen molar-refractivity contribution < 1.29 is 28.5 Å². The molecule has 0 aliphatic carbocycles. The number of rotatable bonds is 15. The van der Waals surface area contributed by atoms with Crippen LogP contribution in [-0.2, 0) is 28.5 Å². The molecule has 3 N–H and O–H groups in total. The van der Waals surface area contributed by atoms with Crippen LogP contribution >= 0.6 is 0 Å². The third kappa shape index (κ3) is 16.4. The van der Waals surface area contributed by atoms with Gasteiger partial charge in [-0.1, -0.05) is 5.92 Å². The Balaban J connectivity index is 3.13. The zero-order valence-electron chi connectivity index (χ0n) is 12.7. The second-order valence-electron chi connectivity index (χ2n) is 4.09. The molecule has 126 valence electrons. The van der Waals surface area contributed by atoms with E-state index >= 15 is 0 Å². The molecule has 0 aromatic carbocycles. The van der Waals surface area contributed by atoms with Crippen molar-refractivity contribution in [2.75, 3.05) is 59.4 Å². The maximum absolute atomic E-state index is 11.2. The van der Waals surface area contributed by atoms with Gasteiger partial charge < -0.3 is 30.0 Å². The van der Waals surface area contributed by atoms with E-state index in [1.54, 1.807) is 0 Å². The van der Waals surface area contributed by atoms with Gasteiger partial charge in [-0.15, -0.1) is 6.42 Å². The lowest BCUT2D eigenvalue weighted by atomic mass is 10.4. The van der Waals surface area contributed by atoms with Gasteiger partial charge in [-0.3, -0.25) is 9.59 Å². The quantitative estimate of drug-likeness (QED) is 0.286. The molecule has 0 saturated carbocycles. The zero-order valence-corrected chi connectivity index (χ0v) is 12.7. The molecule has 0 atom stereocenters. The lowest BCUT2D eigenvalue weighted by molar-refractivity contribution is -0.125. The molecule has 0 heterocycles. The van der Waals surface area contributed by atoms with Gasteiger partial charge in [0.25, 0.3) is 0 Å². The first-order chi connectivity index (χ1) is 10.7. The highest BCUT2D eigenvalue weighted by Crippen LogP contribution is 1.85. The van der Waals surface area contributed by atoms with Crippen LogP contribution in [0.15, 0.2) is 0 Å². The Morgan fingerprint density at radius 3 is 1.91 bits per heavy atom. The van der Waals surface area contributed by atoms with E-state index < -0.39 is 5.91 Å². The summed E-state index contributed by atoms with van der Waals surface area (Å²) in [4.78, 5) is 21.6. The molecular weight excluding hydrogens is 292 g/mol. The van der Waals surface area contributed by atoms with Gasteiger partial charge in [0, 0.05) is 6.42 Å². The molecule has 8 heteroatoms. The summed E-state index contributed by atoms with van der Waals surface area (Å²) in [7, 11) is 0. The van der Waals surface area contributed by atoms with E-state index in [4.69, 9.17) is 31.1 Å². The SMILES string of the molecule is C#CCOCCOCCOCCOCCC(=O)NCC(N)=O. The summed E-state index contributed by atoms with van der Waals surface area (Å²) in [5, 5.41) is 2.36. The average molecular weight is 316 g/mol. The number of hydrogen-bond acceptors (Lipinski definition) is 6. The summed E-state index contributed by atoms with van der Waals surface area (Å²) in [6.45, 7) is 3.05. The molecule has 0 aliphatic heterocycles.